The lowest BCUT2D eigenvalue weighted by molar-refractivity contribution is 0.278. The molecule has 3 nitrogen and oxygen atoms in total. The van der Waals surface area contributed by atoms with Gasteiger partial charge in [0.05, 0.1) is 6.54 Å². The Morgan fingerprint density at radius 3 is 2.61 bits per heavy atom. The Labute approximate surface area is 117 Å². The standard InChI is InChI=1S/C14H29N3S/c1-6-12(7-2)13-10-16-14(18-13)15-8-9-17(5)11(3)4/h11-13H,6-10H2,1-5H3,(H,15,16). The van der Waals surface area contributed by atoms with Crippen molar-refractivity contribution in [3.05, 3.63) is 0 Å². The number of amidine groups is 1. The van der Waals surface area contributed by atoms with Gasteiger partial charge < -0.3 is 10.2 Å². The fourth-order valence-corrected chi connectivity index (χ4v) is 3.49. The Hall–Kier alpha value is -0.220. The van der Waals surface area contributed by atoms with E-state index in [0.717, 1.165) is 30.7 Å². The lowest BCUT2D eigenvalue weighted by atomic mass is 9.99. The molecule has 0 spiro atoms. The maximum absolute atomic E-state index is 4.63. The van der Waals surface area contributed by atoms with Crippen LogP contribution in [0.3, 0.4) is 0 Å². The summed E-state index contributed by atoms with van der Waals surface area (Å²) in [5.74, 6) is 0.816. The number of rotatable bonds is 7. The fraction of sp³-hybridized carbons (Fsp3) is 0.929. The Morgan fingerprint density at radius 2 is 2.06 bits per heavy atom. The van der Waals surface area contributed by atoms with Crippen molar-refractivity contribution in [1.29, 1.82) is 0 Å². The van der Waals surface area contributed by atoms with Crippen LogP contribution in [0.15, 0.2) is 4.99 Å². The summed E-state index contributed by atoms with van der Waals surface area (Å²) < 4.78 is 0. The van der Waals surface area contributed by atoms with Crippen LogP contribution >= 0.6 is 11.8 Å². The highest BCUT2D eigenvalue weighted by molar-refractivity contribution is 8.14. The van der Waals surface area contributed by atoms with E-state index in [1.807, 2.05) is 11.8 Å². The molecule has 0 fully saturated rings. The van der Waals surface area contributed by atoms with Crippen molar-refractivity contribution in [2.45, 2.75) is 51.8 Å². The fourth-order valence-electron chi connectivity index (χ4n) is 2.15. The topological polar surface area (TPSA) is 27.6 Å². The molecule has 1 aliphatic rings. The second-order valence-electron chi connectivity index (χ2n) is 5.38. The van der Waals surface area contributed by atoms with Crippen LogP contribution in [0.2, 0.25) is 0 Å². The van der Waals surface area contributed by atoms with Gasteiger partial charge in [0, 0.05) is 24.4 Å². The van der Waals surface area contributed by atoms with E-state index >= 15 is 0 Å². The zero-order valence-electron chi connectivity index (χ0n) is 12.6. The third-order valence-corrected chi connectivity index (χ3v) is 5.21. The molecule has 18 heavy (non-hydrogen) atoms. The zero-order chi connectivity index (χ0) is 13.5. The summed E-state index contributed by atoms with van der Waals surface area (Å²) in [6.07, 6.45) is 2.54. The monoisotopic (exact) mass is 271 g/mol. The second-order valence-corrected chi connectivity index (χ2v) is 6.61. The lowest BCUT2D eigenvalue weighted by Crippen LogP contribution is -2.35. The Kier molecular flexibility index (Phi) is 7.08. The molecule has 0 amide bonds. The van der Waals surface area contributed by atoms with Gasteiger partial charge in [0.15, 0.2) is 5.17 Å². The van der Waals surface area contributed by atoms with Gasteiger partial charge in [0.1, 0.15) is 0 Å². The summed E-state index contributed by atoms with van der Waals surface area (Å²) in [4.78, 5) is 6.98. The first-order chi connectivity index (χ1) is 8.58. The number of thioether (sulfide) groups is 1. The minimum Gasteiger partial charge on any atom is -0.364 e. The number of nitrogens with one attached hydrogen (secondary N) is 1. The molecule has 1 unspecified atom stereocenters. The number of nitrogens with zero attached hydrogens (tertiary/aromatic N) is 2. The molecular weight excluding hydrogens is 242 g/mol. The zero-order valence-corrected chi connectivity index (χ0v) is 13.4. The van der Waals surface area contributed by atoms with Crippen molar-refractivity contribution in [2.75, 3.05) is 26.7 Å². The van der Waals surface area contributed by atoms with Gasteiger partial charge >= 0.3 is 0 Å². The molecule has 1 aliphatic heterocycles. The van der Waals surface area contributed by atoms with Crippen molar-refractivity contribution in [1.82, 2.24) is 10.2 Å². The number of hydrogen-bond acceptors (Lipinski definition) is 4. The highest BCUT2D eigenvalue weighted by Gasteiger charge is 2.25. The summed E-state index contributed by atoms with van der Waals surface area (Å²) in [6, 6.07) is 0.613. The normalized spacial score (nSPS) is 20.0. The van der Waals surface area contributed by atoms with Crippen molar-refractivity contribution >= 4 is 16.9 Å². The summed E-state index contributed by atoms with van der Waals surface area (Å²) >= 11 is 1.95. The third kappa shape index (κ3) is 4.81. The second kappa shape index (κ2) is 8.05. The minimum absolute atomic E-state index is 0.613. The van der Waals surface area contributed by atoms with Crippen LogP contribution in [-0.2, 0) is 0 Å². The van der Waals surface area contributed by atoms with Crippen molar-refractivity contribution in [2.24, 2.45) is 10.9 Å². The Balaban J connectivity index is 2.22. The van der Waals surface area contributed by atoms with E-state index in [0.29, 0.717) is 11.3 Å². The maximum atomic E-state index is 4.63. The predicted molar refractivity (Wildman–Crippen MR) is 83.5 cm³/mol. The van der Waals surface area contributed by atoms with E-state index in [9.17, 15) is 0 Å². The number of aliphatic imine (C=N–C) groups is 1. The molecule has 0 aromatic carbocycles. The molecular formula is C14H29N3S. The van der Waals surface area contributed by atoms with Crippen LogP contribution in [0.5, 0.6) is 0 Å². The molecule has 0 saturated heterocycles. The van der Waals surface area contributed by atoms with Crippen molar-refractivity contribution in [3.63, 3.8) is 0 Å². The van der Waals surface area contributed by atoms with Gasteiger partial charge in [-0.05, 0) is 26.8 Å². The first-order valence-electron chi connectivity index (χ1n) is 7.23. The van der Waals surface area contributed by atoms with Crippen LogP contribution in [0.1, 0.15) is 40.5 Å². The van der Waals surface area contributed by atoms with Crippen molar-refractivity contribution in [3.8, 4) is 0 Å². The van der Waals surface area contributed by atoms with Crippen LogP contribution in [-0.4, -0.2) is 48.0 Å². The van der Waals surface area contributed by atoms with Gasteiger partial charge in [-0.3, -0.25) is 4.99 Å². The van der Waals surface area contributed by atoms with Gasteiger partial charge in [-0.2, -0.15) is 0 Å². The Bertz CT molecular complexity index is 262. The summed E-state index contributed by atoms with van der Waals surface area (Å²) in [7, 11) is 2.17. The van der Waals surface area contributed by atoms with Gasteiger partial charge in [-0.25, -0.2) is 0 Å². The first-order valence-corrected chi connectivity index (χ1v) is 8.11. The highest BCUT2D eigenvalue weighted by atomic mass is 32.2. The van der Waals surface area contributed by atoms with E-state index in [1.165, 1.54) is 12.8 Å². The van der Waals surface area contributed by atoms with Crippen LogP contribution in [0, 0.1) is 5.92 Å². The lowest BCUT2D eigenvalue weighted by Gasteiger charge is -2.21. The van der Waals surface area contributed by atoms with E-state index in [4.69, 9.17) is 0 Å². The average Bonchev–Trinajstić information content (AvgIpc) is 2.79. The summed E-state index contributed by atoms with van der Waals surface area (Å²) in [5, 5.41) is 5.33. The van der Waals surface area contributed by atoms with E-state index in [1.54, 1.807) is 0 Å². The Morgan fingerprint density at radius 1 is 1.39 bits per heavy atom. The molecule has 0 radical (unpaired) electrons. The van der Waals surface area contributed by atoms with Gasteiger partial charge in [0.2, 0.25) is 0 Å². The largest absolute Gasteiger partial charge is 0.364 e. The smallest absolute Gasteiger partial charge is 0.156 e. The number of likely N-dealkylation sites (N-methyl/N-ethyl adjacent to an activating group) is 1. The molecule has 0 saturated carbocycles. The van der Waals surface area contributed by atoms with Crippen LogP contribution in [0.4, 0.5) is 0 Å². The highest BCUT2D eigenvalue weighted by Crippen LogP contribution is 2.30. The molecule has 0 aromatic heterocycles. The third-order valence-electron chi connectivity index (χ3n) is 3.87. The first kappa shape index (κ1) is 15.8. The molecule has 1 rings (SSSR count). The minimum atomic E-state index is 0.613. The van der Waals surface area contributed by atoms with Crippen LogP contribution < -0.4 is 5.32 Å². The predicted octanol–water partition coefficient (Wildman–Crippen LogP) is 2.82. The molecule has 0 aromatic rings. The SMILES string of the molecule is CCC(CC)C1CN=C(NCCN(C)C(C)C)S1. The summed E-state index contributed by atoms with van der Waals surface area (Å²) in [6.45, 7) is 12.1. The van der Waals surface area contributed by atoms with Gasteiger partial charge in [0.25, 0.3) is 0 Å². The molecule has 4 heteroatoms. The molecule has 0 bridgehead atoms. The van der Waals surface area contributed by atoms with Gasteiger partial charge in [-0.15, -0.1) is 0 Å². The molecule has 1 N–H and O–H groups in total. The van der Waals surface area contributed by atoms with E-state index < -0.39 is 0 Å². The van der Waals surface area contributed by atoms with E-state index in [2.05, 4.69) is 50.0 Å². The van der Waals surface area contributed by atoms with Crippen LogP contribution in [0.25, 0.3) is 0 Å². The summed E-state index contributed by atoms with van der Waals surface area (Å²) in [5.41, 5.74) is 0. The molecule has 1 heterocycles. The quantitative estimate of drug-likeness (QED) is 0.771. The number of hydrogen-bond donors (Lipinski definition) is 1. The maximum Gasteiger partial charge on any atom is 0.156 e. The van der Waals surface area contributed by atoms with Gasteiger partial charge in [-0.1, -0.05) is 38.5 Å². The molecule has 106 valence electrons. The van der Waals surface area contributed by atoms with Crippen molar-refractivity contribution < 1.29 is 0 Å². The molecule has 0 aliphatic carbocycles. The average molecular weight is 271 g/mol. The molecule has 1 atom stereocenters. The van der Waals surface area contributed by atoms with E-state index in [-0.39, 0.29) is 0 Å².